The fraction of sp³-hybridized carbons (Fsp3) is 0.765. The molecule has 112 valence electrons. The molecule has 0 radical (unpaired) electrons. The Bertz CT molecular complexity index is 434. The summed E-state index contributed by atoms with van der Waals surface area (Å²) in [6, 6.07) is 4.80. The van der Waals surface area contributed by atoms with Crippen molar-refractivity contribution in [3.8, 4) is 0 Å². The Morgan fingerprint density at radius 3 is 2.95 bits per heavy atom. The van der Waals surface area contributed by atoms with Gasteiger partial charge in [0.1, 0.15) is 0 Å². The first-order chi connectivity index (χ1) is 9.72. The summed E-state index contributed by atoms with van der Waals surface area (Å²) in [4.78, 5) is 0. The Morgan fingerprint density at radius 2 is 2.20 bits per heavy atom. The second-order valence-electron chi connectivity index (χ2n) is 6.53. The molecular formula is C17H28N2O. The highest BCUT2D eigenvalue weighted by Crippen LogP contribution is 2.43. The van der Waals surface area contributed by atoms with Gasteiger partial charge in [0.15, 0.2) is 0 Å². The lowest BCUT2D eigenvalue weighted by molar-refractivity contribution is -0.0420. The van der Waals surface area contributed by atoms with Gasteiger partial charge < -0.3 is 14.6 Å². The van der Waals surface area contributed by atoms with Crippen LogP contribution in [0.4, 0.5) is 0 Å². The summed E-state index contributed by atoms with van der Waals surface area (Å²) >= 11 is 0. The van der Waals surface area contributed by atoms with Crippen LogP contribution in [0.3, 0.4) is 0 Å². The molecule has 1 spiro atoms. The molecule has 2 aliphatic rings. The Balaban J connectivity index is 1.63. The molecule has 1 aliphatic carbocycles. The van der Waals surface area contributed by atoms with Crippen molar-refractivity contribution in [2.45, 2.75) is 76.7 Å². The lowest BCUT2D eigenvalue weighted by atomic mass is 9.98. The quantitative estimate of drug-likeness (QED) is 0.888. The maximum Gasteiger partial charge on any atom is 0.0762 e. The molecule has 1 saturated carbocycles. The molecule has 2 fully saturated rings. The summed E-state index contributed by atoms with van der Waals surface area (Å²) < 4.78 is 8.82. The van der Waals surface area contributed by atoms with Gasteiger partial charge in [0, 0.05) is 24.5 Å². The van der Waals surface area contributed by atoms with Crippen LogP contribution in [0, 0.1) is 0 Å². The zero-order valence-corrected chi connectivity index (χ0v) is 12.9. The van der Waals surface area contributed by atoms with Crippen LogP contribution < -0.4 is 5.32 Å². The van der Waals surface area contributed by atoms with E-state index in [1.165, 1.54) is 44.2 Å². The van der Waals surface area contributed by atoms with Crippen LogP contribution in [0.5, 0.6) is 0 Å². The van der Waals surface area contributed by atoms with Crippen molar-refractivity contribution in [3.05, 3.63) is 24.0 Å². The third-order valence-electron chi connectivity index (χ3n) is 5.07. The van der Waals surface area contributed by atoms with Crippen molar-refractivity contribution in [1.29, 1.82) is 0 Å². The topological polar surface area (TPSA) is 26.2 Å². The molecule has 2 atom stereocenters. The Hall–Kier alpha value is -0.800. The lowest BCUT2D eigenvalue weighted by Gasteiger charge is -2.25. The summed E-state index contributed by atoms with van der Waals surface area (Å²) in [5.74, 6) is 0. The molecule has 3 rings (SSSR count). The Kier molecular flexibility index (Phi) is 4.18. The number of nitrogens with zero attached hydrogens (tertiary/aromatic N) is 1. The van der Waals surface area contributed by atoms with Gasteiger partial charge in [-0.25, -0.2) is 0 Å². The van der Waals surface area contributed by atoms with E-state index >= 15 is 0 Å². The van der Waals surface area contributed by atoms with Crippen LogP contribution in [-0.4, -0.2) is 22.8 Å². The Labute approximate surface area is 122 Å². The molecular weight excluding hydrogens is 248 g/mol. The van der Waals surface area contributed by atoms with E-state index in [9.17, 15) is 0 Å². The molecule has 1 saturated heterocycles. The van der Waals surface area contributed by atoms with Gasteiger partial charge >= 0.3 is 0 Å². The summed E-state index contributed by atoms with van der Waals surface area (Å²) in [5.41, 5.74) is 1.63. The van der Waals surface area contributed by atoms with Gasteiger partial charge in [-0.15, -0.1) is 0 Å². The van der Waals surface area contributed by atoms with Crippen LogP contribution in [0.1, 0.15) is 64.1 Å². The fourth-order valence-electron chi connectivity index (χ4n) is 4.03. The number of hydrogen-bond acceptors (Lipinski definition) is 2. The third kappa shape index (κ3) is 2.79. The maximum atomic E-state index is 6.44. The van der Waals surface area contributed by atoms with Crippen LogP contribution >= 0.6 is 0 Å². The highest BCUT2D eigenvalue weighted by atomic mass is 16.5. The van der Waals surface area contributed by atoms with Crippen LogP contribution in [-0.2, 0) is 11.3 Å². The van der Waals surface area contributed by atoms with Gasteiger partial charge in [-0.05, 0) is 51.3 Å². The fourth-order valence-corrected chi connectivity index (χ4v) is 4.03. The van der Waals surface area contributed by atoms with Crippen molar-refractivity contribution in [2.24, 2.45) is 0 Å². The second-order valence-corrected chi connectivity index (χ2v) is 6.53. The van der Waals surface area contributed by atoms with Crippen molar-refractivity contribution >= 4 is 0 Å². The van der Waals surface area contributed by atoms with E-state index in [1.807, 2.05) is 0 Å². The minimum Gasteiger partial charge on any atom is -0.370 e. The van der Waals surface area contributed by atoms with E-state index < -0.39 is 0 Å². The molecule has 1 aliphatic heterocycles. The molecule has 2 unspecified atom stereocenters. The summed E-state index contributed by atoms with van der Waals surface area (Å²) in [7, 11) is 0. The summed E-state index contributed by atoms with van der Waals surface area (Å²) in [6.45, 7) is 6.42. The molecule has 0 aromatic carbocycles. The van der Waals surface area contributed by atoms with Gasteiger partial charge in [-0.3, -0.25) is 0 Å². The Morgan fingerprint density at radius 1 is 1.40 bits per heavy atom. The molecule has 1 aromatic rings. The maximum absolute atomic E-state index is 6.44. The average Bonchev–Trinajstić information content (AvgIpc) is 3.14. The van der Waals surface area contributed by atoms with E-state index in [0.717, 1.165) is 13.1 Å². The number of hydrogen-bond donors (Lipinski definition) is 1. The molecule has 2 heterocycles. The van der Waals surface area contributed by atoms with Crippen molar-refractivity contribution in [1.82, 2.24) is 9.88 Å². The normalized spacial score (nSPS) is 26.4. The van der Waals surface area contributed by atoms with Crippen LogP contribution in [0.25, 0.3) is 0 Å². The van der Waals surface area contributed by atoms with Crippen molar-refractivity contribution < 1.29 is 4.74 Å². The van der Waals surface area contributed by atoms with Gasteiger partial charge in [0.05, 0.1) is 11.7 Å². The van der Waals surface area contributed by atoms with Crippen molar-refractivity contribution in [2.75, 3.05) is 6.54 Å². The first kappa shape index (κ1) is 14.2. The highest BCUT2D eigenvalue weighted by Gasteiger charge is 2.42. The van der Waals surface area contributed by atoms with E-state index in [2.05, 4.69) is 42.1 Å². The number of aromatic nitrogens is 1. The molecule has 1 N–H and O–H groups in total. The zero-order valence-electron chi connectivity index (χ0n) is 12.9. The molecule has 0 bridgehead atoms. The first-order valence-electron chi connectivity index (χ1n) is 8.29. The minimum atomic E-state index is 0.255. The monoisotopic (exact) mass is 276 g/mol. The average molecular weight is 276 g/mol. The van der Waals surface area contributed by atoms with E-state index in [-0.39, 0.29) is 5.60 Å². The highest BCUT2D eigenvalue weighted by molar-refractivity contribution is 5.11. The van der Waals surface area contributed by atoms with Gasteiger partial charge in [0.25, 0.3) is 0 Å². The smallest absolute Gasteiger partial charge is 0.0762 e. The number of ether oxygens (including phenoxy) is 1. The first-order valence-corrected chi connectivity index (χ1v) is 8.29. The number of rotatable bonds is 5. The molecule has 3 heteroatoms. The molecule has 0 amide bonds. The largest absolute Gasteiger partial charge is 0.370 e. The van der Waals surface area contributed by atoms with Crippen LogP contribution in [0.15, 0.2) is 18.3 Å². The van der Waals surface area contributed by atoms with Gasteiger partial charge in [-0.2, -0.15) is 0 Å². The SMILES string of the molecule is CCNC(C)c1cccn1CC1CCC2(CCCC2)O1. The zero-order chi connectivity index (χ0) is 14.0. The second kappa shape index (κ2) is 5.90. The molecule has 20 heavy (non-hydrogen) atoms. The van der Waals surface area contributed by atoms with E-state index in [0.29, 0.717) is 12.1 Å². The predicted octanol–water partition coefficient (Wildman–Crippen LogP) is 3.65. The van der Waals surface area contributed by atoms with Gasteiger partial charge in [0.2, 0.25) is 0 Å². The minimum absolute atomic E-state index is 0.255. The van der Waals surface area contributed by atoms with Gasteiger partial charge in [-0.1, -0.05) is 19.8 Å². The van der Waals surface area contributed by atoms with E-state index in [1.54, 1.807) is 0 Å². The van der Waals surface area contributed by atoms with Crippen LogP contribution in [0.2, 0.25) is 0 Å². The van der Waals surface area contributed by atoms with E-state index in [4.69, 9.17) is 4.74 Å². The number of nitrogens with one attached hydrogen (secondary N) is 1. The molecule has 1 aromatic heterocycles. The standard InChI is InChI=1S/C17H28N2O/c1-3-18-14(2)16-7-6-12-19(16)13-15-8-11-17(20-15)9-4-5-10-17/h6-7,12,14-15,18H,3-5,8-11,13H2,1-2H3. The lowest BCUT2D eigenvalue weighted by Crippen LogP contribution is -2.27. The summed E-state index contributed by atoms with van der Waals surface area (Å²) in [6.07, 6.45) is 10.4. The predicted molar refractivity (Wildman–Crippen MR) is 81.8 cm³/mol. The third-order valence-corrected chi connectivity index (χ3v) is 5.07. The van der Waals surface area contributed by atoms with Crippen molar-refractivity contribution in [3.63, 3.8) is 0 Å². The summed E-state index contributed by atoms with van der Waals surface area (Å²) in [5, 5.41) is 3.50. The molecule has 3 nitrogen and oxygen atoms in total.